The molecule has 0 amide bonds. The summed E-state index contributed by atoms with van der Waals surface area (Å²) in [4.78, 5) is 23.0. The van der Waals surface area contributed by atoms with Gasteiger partial charge in [0.1, 0.15) is 0 Å². The van der Waals surface area contributed by atoms with Crippen molar-refractivity contribution < 1.29 is 14.7 Å². The predicted octanol–water partition coefficient (Wildman–Crippen LogP) is 0.677. The summed E-state index contributed by atoms with van der Waals surface area (Å²) in [5.74, 6) is -1.25. The van der Waals surface area contributed by atoms with Gasteiger partial charge in [-0.3, -0.25) is 0 Å². The van der Waals surface area contributed by atoms with Gasteiger partial charge in [0.15, 0.2) is 6.04 Å². The van der Waals surface area contributed by atoms with Crippen molar-refractivity contribution in [2.45, 2.75) is 25.8 Å². The van der Waals surface area contributed by atoms with Crippen LogP contribution in [0.25, 0.3) is 5.53 Å². The maximum Gasteiger partial charge on any atom is 0.332 e. The Hall–Kier alpha value is -1.55. The Kier molecular flexibility index (Phi) is 4.48. The van der Waals surface area contributed by atoms with Crippen LogP contribution in [0.1, 0.15) is 19.8 Å². The topological polar surface area (TPSA) is 103 Å². The summed E-state index contributed by atoms with van der Waals surface area (Å²) in [6, 6.07) is -1.25. The molecule has 1 unspecified atom stereocenters. The summed E-state index contributed by atoms with van der Waals surface area (Å²) in [5.41, 5.74) is 8.57. The summed E-state index contributed by atoms with van der Waals surface area (Å²) in [5, 5.41) is 10.8. The fourth-order valence-corrected chi connectivity index (χ4v) is 0.617. The molecule has 0 saturated heterocycles. The fraction of sp³-hybridized carbons (Fsp3) is 0.667. The van der Waals surface area contributed by atoms with Crippen LogP contribution in [0.2, 0.25) is 0 Å². The van der Waals surface area contributed by atoms with Crippen molar-refractivity contribution in [1.82, 2.24) is 0 Å². The molecular weight excluding hydrogens is 162 g/mol. The molecule has 1 N–H and O–H groups in total. The Morgan fingerprint density at radius 3 is 2.67 bits per heavy atom. The number of rotatable bonds is 5. The monoisotopic (exact) mass is 171 g/mol. The van der Waals surface area contributed by atoms with Crippen LogP contribution in [0.4, 0.5) is 0 Å². The minimum Gasteiger partial charge on any atom is -0.480 e. The Morgan fingerprint density at radius 1 is 1.75 bits per heavy atom. The first kappa shape index (κ1) is 10.4. The van der Waals surface area contributed by atoms with E-state index in [-0.39, 0.29) is 12.8 Å². The molecule has 0 aliphatic carbocycles. The molecule has 6 nitrogen and oxygen atoms in total. The third kappa shape index (κ3) is 3.58. The number of carboxylic acids is 1. The number of nitrogens with zero attached hydrogens (tertiary/aromatic N) is 3. The first-order valence-electron chi connectivity index (χ1n) is 3.34. The van der Waals surface area contributed by atoms with E-state index < -0.39 is 12.0 Å². The molecule has 0 aromatic heterocycles. The Labute approximate surface area is 68.8 Å². The van der Waals surface area contributed by atoms with E-state index in [2.05, 4.69) is 9.97 Å². The van der Waals surface area contributed by atoms with Crippen molar-refractivity contribution in [2.75, 3.05) is 0 Å². The molecule has 0 fully saturated rings. The zero-order chi connectivity index (χ0) is 9.56. The van der Waals surface area contributed by atoms with E-state index >= 15 is 0 Å². The van der Waals surface area contributed by atoms with E-state index in [0.717, 1.165) is 0 Å². The number of carboxylic acid groups (broad SMARTS) is 1. The second kappa shape index (κ2) is 5.15. The number of aliphatic carboxylic acids is 1. The zero-order valence-corrected chi connectivity index (χ0v) is 6.60. The molecule has 0 heterocycles. The number of hydrogen-bond acceptors (Lipinski definition) is 3. The van der Waals surface area contributed by atoms with Crippen LogP contribution in [0, 0.1) is 4.91 Å². The lowest BCUT2D eigenvalue weighted by atomic mass is 10.1. The highest BCUT2D eigenvalue weighted by Gasteiger charge is 2.18. The summed E-state index contributed by atoms with van der Waals surface area (Å²) in [6.07, 6.45) is 0.313. The average Bonchev–Trinajstić information content (AvgIpc) is 2.04. The van der Waals surface area contributed by atoms with Gasteiger partial charge in [0.05, 0.1) is 0 Å². The summed E-state index contributed by atoms with van der Waals surface area (Å²) in [7, 11) is 0. The van der Waals surface area contributed by atoms with Crippen molar-refractivity contribution >= 4 is 11.7 Å². The lowest BCUT2D eigenvalue weighted by Gasteiger charge is -1.98. The molecule has 0 rings (SSSR count). The molecule has 6 heteroatoms. The normalized spacial score (nSPS) is 11.4. The molecule has 0 aromatic carbocycles. The maximum absolute atomic E-state index is 10.2. The van der Waals surface area contributed by atoms with E-state index in [1.807, 2.05) is 0 Å². The highest BCUT2D eigenvalue weighted by atomic mass is 16.4. The molecule has 0 radical (unpaired) electrons. The molecule has 0 saturated carbocycles. The van der Waals surface area contributed by atoms with Crippen LogP contribution in [0.15, 0.2) is 5.18 Å². The standard InChI is InChI=1S/C6H9N3O3/c1-4(8-7)2-3-5(9-12)6(10)11/h5H,2-3H2,1H3,(H,10,11). The van der Waals surface area contributed by atoms with Gasteiger partial charge in [0.2, 0.25) is 0 Å². The van der Waals surface area contributed by atoms with E-state index in [1.54, 1.807) is 0 Å². The van der Waals surface area contributed by atoms with Gasteiger partial charge in [-0.15, -0.1) is 4.91 Å². The van der Waals surface area contributed by atoms with Gasteiger partial charge in [-0.25, -0.2) is 4.79 Å². The third-order valence-corrected chi connectivity index (χ3v) is 1.36. The Bertz CT molecular complexity index is 232. The number of nitroso groups, excluding NO2 is 1. The van der Waals surface area contributed by atoms with Crippen LogP contribution in [-0.2, 0) is 4.79 Å². The van der Waals surface area contributed by atoms with Gasteiger partial charge in [-0.05, 0) is 6.42 Å². The van der Waals surface area contributed by atoms with Crippen LogP contribution in [-0.4, -0.2) is 27.6 Å². The first-order valence-corrected chi connectivity index (χ1v) is 3.34. The summed E-state index contributed by atoms with van der Waals surface area (Å²) >= 11 is 0. The molecule has 1 atom stereocenters. The zero-order valence-electron chi connectivity index (χ0n) is 6.60. The fourth-order valence-electron chi connectivity index (χ4n) is 0.617. The van der Waals surface area contributed by atoms with E-state index in [0.29, 0.717) is 5.71 Å². The molecule has 12 heavy (non-hydrogen) atoms. The Morgan fingerprint density at radius 2 is 2.33 bits per heavy atom. The van der Waals surface area contributed by atoms with Gasteiger partial charge in [0.25, 0.3) is 5.71 Å². The second-order valence-corrected chi connectivity index (χ2v) is 2.33. The van der Waals surface area contributed by atoms with Crippen LogP contribution in [0.5, 0.6) is 0 Å². The van der Waals surface area contributed by atoms with Gasteiger partial charge >= 0.3 is 5.97 Å². The quantitative estimate of drug-likeness (QED) is 0.284. The lowest BCUT2D eigenvalue weighted by molar-refractivity contribution is -0.138. The SMILES string of the molecule is CC(CCC(N=O)C(=O)O)=[N+]=[N-]. The number of carbonyl (C=O) groups is 1. The maximum atomic E-state index is 10.2. The summed E-state index contributed by atoms with van der Waals surface area (Å²) in [6.45, 7) is 1.53. The molecule has 0 bridgehead atoms. The van der Waals surface area contributed by atoms with Crippen LogP contribution < -0.4 is 0 Å². The van der Waals surface area contributed by atoms with Crippen molar-refractivity contribution in [3.8, 4) is 0 Å². The van der Waals surface area contributed by atoms with Crippen LogP contribution in [0.3, 0.4) is 0 Å². The summed E-state index contributed by atoms with van der Waals surface area (Å²) < 4.78 is 0. The van der Waals surface area contributed by atoms with Gasteiger partial charge in [0, 0.05) is 13.3 Å². The lowest BCUT2D eigenvalue weighted by Crippen LogP contribution is -2.18. The highest BCUT2D eigenvalue weighted by molar-refractivity contribution is 5.78. The van der Waals surface area contributed by atoms with E-state index in [9.17, 15) is 9.70 Å². The highest BCUT2D eigenvalue weighted by Crippen LogP contribution is 2.02. The Balaban J connectivity index is 3.97. The first-order chi connectivity index (χ1) is 5.61. The minimum atomic E-state index is -1.25. The van der Waals surface area contributed by atoms with Crippen LogP contribution >= 0.6 is 0 Å². The van der Waals surface area contributed by atoms with Gasteiger partial charge < -0.3 is 10.6 Å². The van der Waals surface area contributed by atoms with Crippen molar-refractivity contribution in [3.63, 3.8) is 0 Å². The van der Waals surface area contributed by atoms with E-state index in [4.69, 9.17) is 10.6 Å². The van der Waals surface area contributed by atoms with Crippen molar-refractivity contribution in [2.24, 2.45) is 5.18 Å². The molecular formula is C6H9N3O3. The van der Waals surface area contributed by atoms with Crippen molar-refractivity contribution in [1.29, 1.82) is 0 Å². The molecule has 0 spiro atoms. The molecule has 66 valence electrons. The molecule has 0 aliphatic heterocycles. The largest absolute Gasteiger partial charge is 0.480 e. The molecule has 0 aliphatic rings. The van der Waals surface area contributed by atoms with Gasteiger partial charge in [-0.1, -0.05) is 5.18 Å². The third-order valence-electron chi connectivity index (χ3n) is 1.36. The minimum absolute atomic E-state index is 0.0642. The second-order valence-electron chi connectivity index (χ2n) is 2.33. The average molecular weight is 171 g/mol. The molecule has 0 aromatic rings. The smallest absolute Gasteiger partial charge is 0.332 e. The predicted molar refractivity (Wildman–Crippen MR) is 40.8 cm³/mol. The van der Waals surface area contributed by atoms with Gasteiger partial charge in [-0.2, -0.15) is 4.79 Å². The number of hydrogen-bond donors (Lipinski definition) is 1. The van der Waals surface area contributed by atoms with E-state index in [1.165, 1.54) is 6.92 Å². The van der Waals surface area contributed by atoms with Crippen molar-refractivity contribution in [3.05, 3.63) is 10.4 Å².